The number of rotatable bonds is 6. The molecule has 2 N–H and O–H groups in total. The zero-order valence-electron chi connectivity index (χ0n) is 12.6. The summed E-state index contributed by atoms with van der Waals surface area (Å²) in [7, 11) is 0. The molecule has 2 rings (SSSR count). The van der Waals surface area contributed by atoms with Gasteiger partial charge in [-0.3, -0.25) is 4.79 Å². The van der Waals surface area contributed by atoms with Gasteiger partial charge in [0.2, 0.25) is 5.91 Å². The molecule has 0 bridgehead atoms. The number of nitrogens with zero attached hydrogens (tertiary/aromatic N) is 3. The molecule has 0 fully saturated rings. The van der Waals surface area contributed by atoms with Gasteiger partial charge in [0.05, 0.1) is 18.4 Å². The average molecular weight is 307 g/mol. The summed E-state index contributed by atoms with van der Waals surface area (Å²) in [6.45, 7) is 7.66. The quantitative estimate of drug-likeness (QED) is 0.849. The minimum Gasteiger partial charge on any atom is -0.350 e. The lowest BCUT2D eigenvalue weighted by atomic mass is 10.1. The maximum atomic E-state index is 11.8. The van der Waals surface area contributed by atoms with Gasteiger partial charge in [0.15, 0.2) is 0 Å². The molecule has 0 aliphatic rings. The second-order valence-electron chi connectivity index (χ2n) is 5.87. The lowest BCUT2D eigenvalue weighted by molar-refractivity contribution is -0.122. The molecule has 114 valence electrons. The van der Waals surface area contributed by atoms with E-state index in [9.17, 15) is 4.79 Å². The molecule has 0 saturated carbocycles. The van der Waals surface area contributed by atoms with Crippen molar-refractivity contribution in [2.45, 2.75) is 45.9 Å². The lowest BCUT2D eigenvalue weighted by Gasteiger charge is -2.19. The van der Waals surface area contributed by atoms with Crippen molar-refractivity contribution in [1.29, 1.82) is 0 Å². The summed E-state index contributed by atoms with van der Waals surface area (Å²) in [4.78, 5) is 13.0. The number of thiophene rings is 1. The van der Waals surface area contributed by atoms with E-state index in [1.165, 1.54) is 0 Å². The number of amides is 1. The molecule has 2 heterocycles. The molecule has 0 atom stereocenters. The third kappa shape index (κ3) is 5.65. The molecule has 2 aromatic rings. The fourth-order valence-electron chi connectivity index (χ4n) is 1.65. The minimum atomic E-state index is -0.0661. The topological polar surface area (TPSA) is 71.8 Å². The molecule has 2 aromatic heterocycles. The van der Waals surface area contributed by atoms with E-state index in [2.05, 4.69) is 41.7 Å². The third-order valence-corrected chi connectivity index (χ3v) is 3.61. The fourth-order valence-corrected chi connectivity index (χ4v) is 2.30. The van der Waals surface area contributed by atoms with E-state index < -0.39 is 0 Å². The second kappa shape index (κ2) is 6.82. The average Bonchev–Trinajstić information content (AvgIpc) is 3.04. The summed E-state index contributed by atoms with van der Waals surface area (Å²) in [5, 5.41) is 16.2. The summed E-state index contributed by atoms with van der Waals surface area (Å²) in [5.41, 5.74) is 0.859. The Balaban J connectivity index is 1.77. The number of hydrogen-bond donors (Lipinski definition) is 2. The molecule has 0 spiro atoms. The van der Waals surface area contributed by atoms with Crippen LogP contribution in [0.5, 0.6) is 0 Å². The first-order chi connectivity index (χ1) is 9.92. The van der Waals surface area contributed by atoms with Gasteiger partial charge >= 0.3 is 0 Å². The van der Waals surface area contributed by atoms with Crippen LogP contribution in [0.15, 0.2) is 23.7 Å². The fraction of sp³-hybridized carbons (Fsp3) is 0.500. The van der Waals surface area contributed by atoms with Crippen molar-refractivity contribution >= 4 is 17.2 Å². The number of hydrogen-bond acceptors (Lipinski definition) is 5. The summed E-state index contributed by atoms with van der Waals surface area (Å²) < 4.78 is 1.56. The first kappa shape index (κ1) is 15.7. The molecule has 1 amide bonds. The van der Waals surface area contributed by atoms with Crippen molar-refractivity contribution in [1.82, 2.24) is 25.6 Å². The van der Waals surface area contributed by atoms with Gasteiger partial charge in [-0.05, 0) is 32.2 Å². The Kier molecular flexibility index (Phi) is 5.08. The molecule has 0 unspecified atom stereocenters. The van der Waals surface area contributed by atoms with Gasteiger partial charge in [0, 0.05) is 17.0 Å². The number of aromatic nitrogens is 3. The van der Waals surface area contributed by atoms with Gasteiger partial charge in [-0.15, -0.1) is 16.4 Å². The molecule has 7 heteroatoms. The van der Waals surface area contributed by atoms with Crippen LogP contribution < -0.4 is 10.6 Å². The van der Waals surface area contributed by atoms with Crippen LogP contribution in [0.4, 0.5) is 0 Å². The SMILES string of the molecule is CC(C)(C)NCc1cn(CC(=O)NCc2cccs2)nn1. The largest absolute Gasteiger partial charge is 0.350 e. The van der Waals surface area contributed by atoms with E-state index in [4.69, 9.17) is 0 Å². The second-order valence-corrected chi connectivity index (χ2v) is 6.90. The Labute approximate surface area is 128 Å². The summed E-state index contributed by atoms with van der Waals surface area (Å²) in [5.74, 6) is -0.0661. The van der Waals surface area contributed by atoms with Gasteiger partial charge in [0.25, 0.3) is 0 Å². The van der Waals surface area contributed by atoms with Crippen LogP contribution in [-0.2, 0) is 24.4 Å². The molecule has 0 aromatic carbocycles. The molecule has 21 heavy (non-hydrogen) atoms. The Morgan fingerprint density at radius 2 is 2.19 bits per heavy atom. The highest BCUT2D eigenvalue weighted by atomic mass is 32.1. The van der Waals surface area contributed by atoms with Crippen molar-refractivity contribution in [3.63, 3.8) is 0 Å². The molecule has 0 saturated heterocycles. The summed E-state index contributed by atoms with van der Waals surface area (Å²) in [6, 6.07) is 3.97. The van der Waals surface area contributed by atoms with E-state index in [1.54, 1.807) is 22.2 Å². The molecule has 0 aliphatic carbocycles. The van der Waals surface area contributed by atoms with Crippen LogP contribution in [0.1, 0.15) is 31.3 Å². The highest BCUT2D eigenvalue weighted by Gasteiger charge is 2.11. The molecule has 0 aliphatic heterocycles. The van der Waals surface area contributed by atoms with Gasteiger partial charge in [-0.2, -0.15) is 0 Å². The standard InChI is InChI=1S/C14H21N5OS/c1-14(2,3)16-7-11-9-19(18-17-11)10-13(20)15-8-12-5-4-6-21-12/h4-6,9,16H,7-8,10H2,1-3H3,(H,15,20). The first-order valence-electron chi connectivity index (χ1n) is 6.85. The van der Waals surface area contributed by atoms with E-state index in [0.717, 1.165) is 10.6 Å². The van der Waals surface area contributed by atoms with E-state index >= 15 is 0 Å². The highest BCUT2D eigenvalue weighted by Crippen LogP contribution is 2.07. The van der Waals surface area contributed by atoms with Crippen LogP contribution in [0, 0.1) is 0 Å². The Bertz CT molecular complexity index is 570. The van der Waals surface area contributed by atoms with Gasteiger partial charge < -0.3 is 10.6 Å². The predicted molar refractivity (Wildman–Crippen MR) is 82.8 cm³/mol. The van der Waals surface area contributed by atoms with Crippen molar-refractivity contribution < 1.29 is 4.79 Å². The van der Waals surface area contributed by atoms with E-state index in [-0.39, 0.29) is 18.0 Å². The monoisotopic (exact) mass is 307 g/mol. The van der Waals surface area contributed by atoms with Crippen LogP contribution in [0.25, 0.3) is 0 Å². The van der Waals surface area contributed by atoms with Crippen molar-refractivity contribution in [2.24, 2.45) is 0 Å². The van der Waals surface area contributed by atoms with E-state index in [0.29, 0.717) is 13.1 Å². The van der Waals surface area contributed by atoms with Crippen LogP contribution in [0.3, 0.4) is 0 Å². The van der Waals surface area contributed by atoms with Crippen molar-refractivity contribution in [3.8, 4) is 0 Å². The molecular weight excluding hydrogens is 286 g/mol. The third-order valence-electron chi connectivity index (χ3n) is 2.73. The van der Waals surface area contributed by atoms with Crippen LogP contribution in [-0.4, -0.2) is 26.4 Å². The smallest absolute Gasteiger partial charge is 0.242 e. The molecule has 0 radical (unpaired) electrons. The molecular formula is C14H21N5OS. The number of carbonyl (C=O) groups is 1. The normalized spacial score (nSPS) is 11.6. The van der Waals surface area contributed by atoms with Crippen molar-refractivity contribution in [3.05, 3.63) is 34.3 Å². The zero-order chi connectivity index (χ0) is 15.3. The van der Waals surface area contributed by atoms with Crippen LogP contribution in [0.2, 0.25) is 0 Å². The number of carbonyl (C=O) groups excluding carboxylic acids is 1. The molecule has 6 nitrogen and oxygen atoms in total. The minimum absolute atomic E-state index is 0.0296. The zero-order valence-corrected chi connectivity index (χ0v) is 13.4. The Hall–Kier alpha value is -1.73. The predicted octanol–water partition coefficient (Wildman–Crippen LogP) is 1.54. The Morgan fingerprint density at radius 1 is 1.38 bits per heavy atom. The number of nitrogens with one attached hydrogen (secondary N) is 2. The summed E-state index contributed by atoms with van der Waals surface area (Å²) >= 11 is 1.63. The van der Waals surface area contributed by atoms with Gasteiger partial charge in [-0.25, -0.2) is 4.68 Å². The summed E-state index contributed by atoms with van der Waals surface area (Å²) in [6.07, 6.45) is 1.80. The van der Waals surface area contributed by atoms with Crippen LogP contribution >= 0.6 is 11.3 Å². The lowest BCUT2D eigenvalue weighted by Crippen LogP contribution is -2.35. The first-order valence-corrected chi connectivity index (χ1v) is 7.73. The maximum Gasteiger partial charge on any atom is 0.242 e. The van der Waals surface area contributed by atoms with Crippen molar-refractivity contribution in [2.75, 3.05) is 0 Å². The van der Waals surface area contributed by atoms with Gasteiger partial charge in [0.1, 0.15) is 6.54 Å². The van der Waals surface area contributed by atoms with Gasteiger partial charge in [-0.1, -0.05) is 11.3 Å². The highest BCUT2D eigenvalue weighted by molar-refractivity contribution is 7.09. The Morgan fingerprint density at radius 3 is 2.86 bits per heavy atom. The van der Waals surface area contributed by atoms with E-state index in [1.807, 2.05) is 17.5 Å². The maximum absolute atomic E-state index is 11.8.